The molecule has 0 aliphatic heterocycles. The van der Waals surface area contributed by atoms with Gasteiger partial charge < -0.3 is 5.32 Å². The minimum atomic E-state index is -0.315. The molecule has 150 valence electrons. The lowest BCUT2D eigenvalue weighted by Crippen LogP contribution is -2.21. The van der Waals surface area contributed by atoms with Gasteiger partial charge in [0.05, 0.1) is 11.2 Å². The van der Waals surface area contributed by atoms with E-state index in [4.69, 9.17) is 11.6 Å². The van der Waals surface area contributed by atoms with E-state index in [9.17, 15) is 9.59 Å². The maximum absolute atomic E-state index is 12.9. The zero-order valence-corrected chi connectivity index (χ0v) is 17.3. The molecule has 6 nitrogen and oxygen atoms in total. The molecule has 0 aliphatic rings. The summed E-state index contributed by atoms with van der Waals surface area (Å²) < 4.78 is 1.55. The molecule has 0 saturated heterocycles. The summed E-state index contributed by atoms with van der Waals surface area (Å²) in [5.74, 6) is -0.532. The second-order valence-electron chi connectivity index (χ2n) is 7.11. The van der Waals surface area contributed by atoms with Gasteiger partial charge in [-0.2, -0.15) is 0 Å². The Morgan fingerprint density at radius 3 is 2.50 bits per heavy atom. The number of carbonyl (C=O) groups excluding carboxylic acids is 2. The van der Waals surface area contributed by atoms with E-state index in [0.29, 0.717) is 21.8 Å². The number of aryl methyl sites for hydroxylation is 2. The van der Waals surface area contributed by atoms with Crippen molar-refractivity contribution in [3.8, 4) is 0 Å². The molecule has 1 amide bonds. The lowest BCUT2D eigenvalue weighted by molar-refractivity contribution is -0.116. The first-order valence-electron chi connectivity index (χ1n) is 9.42. The summed E-state index contributed by atoms with van der Waals surface area (Å²) in [5, 5.41) is 11.5. The third-order valence-electron chi connectivity index (χ3n) is 4.96. The minimum Gasteiger partial charge on any atom is -0.324 e. The van der Waals surface area contributed by atoms with Crippen molar-refractivity contribution in [2.45, 2.75) is 20.4 Å². The van der Waals surface area contributed by atoms with Crippen molar-refractivity contribution in [2.24, 2.45) is 0 Å². The quantitative estimate of drug-likeness (QED) is 0.481. The van der Waals surface area contributed by atoms with Crippen molar-refractivity contribution in [1.82, 2.24) is 15.0 Å². The van der Waals surface area contributed by atoms with Crippen LogP contribution >= 0.6 is 11.6 Å². The molecule has 0 radical (unpaired) electrons. The lowest BCUT2D eigenvalue weighted by Gasteiger charge is -2.11. The molecule has 4 rings (SSSR count). The van der Waals surface area contributed by atoms with Gasteiger partial charge in [-0.1, -0.05) is 47.1 Å². The van der Waals surface area contributed by atoms with Crippen LogP contribution in [0.1, 0.15) is 27.0 Å². The molecule has 0 unspecified atom stereocenters. The van der Waals surface area contributed by atoms with E-state index in [0.717, 1.165) is 22.2 Å². The van der Waals surface area contributed by atoms with E-state index in [1.54, 1.807) is 47.1 Å². The normalized spacial score (nSPS) is 10.9. The number of carbonyl (C=O) groups is 2. The Balaban J connectivity index is 1.60. The van der Waals surface area contributed by atoms with Crippen LogP contribution < -0.4 is 5.32 Å². The maximum Gasteiger partial charge on any atom is 0.246 e. The number of halogens is 1. The van der Waals surface area contributed by atoms with Gasteiger partial charge in [0, 0.05) is 16.1 Å². The molecule has 0 bridgehead atoms. The molecule has 1 aromatic heterocycles. The van der Waals surface area contributed by atoms with E-state index in [1.807, 2.05) is 32.0 Å². The van der Waals surface area contributed by atoms with Crippen LogP contribution in [0, 0.1) is 13.8 Å². The molecule has 1 N–H and O–H groups in total. The highest BCUT2D eigenvalue weighted by Gasteiger charge is 2.17. The zero-order chi connectivity index (χ0) is 21.3. The Labute approximate surface area is 178 Å². The summed E-state index contributed by atoms with van der Waals surface area (Å²) in [4.78, 5) is 25.7. The van der Waals surface area contributed by atoms with Crippen molar-refractivity contribution < 1.29 is 9.59 Å². The number of aromatic nitrogens is 3. The first-order valence-corrected chi connectivity index (χ1v) is 9.80. The molecule has 0 spiro atoms. The Bertz CT molecular complexity index is 1270. The smallest absolute Gasteiger partial charge is 0.246 e. The number of hydrogen-bond acceptors (Lipinski definition) is 4. The maximum atomic E-state index is 12.9. The lowest BCUT2D eigenvalue weighted by atomic mass is 10.0. The molecular weight excluding hydrogens is 400 g/mol. The Hall–Kier alpha value is -3.51. The van der Waals surface area contributed by atoms with Crippen molar-refractivity contribution >= 4 is 40.0 Å². The average Bonchev–Trinajstić information content (AvgIpc) is 3.11. The van der Waals surface area contributed by atoms with Gasteiger partial charge in [0.1, 0.15) is 12.1 Å². The number of amides is 1. The third-order valence-corrected chi connectivity index (χ3v) is 5.19. The summed E-state index contributed by atoms with van der Waals surface area (Å²) in [7, 11) is 0. The molecule has 7 heteroatoms. The van der Waals surface area contributed by atoms with Crippen LogP contribution in [0.15, 0.2) is 60.7 Å². The molecule has 1 heterocycles. The van der Waals surface area contributed by atoms with Crippen molar-refractivity contribution in [3.63, 3.8) is 0 Å². The van der Waals surface area contributed by atoms with E-state index < -0.39 is 0 Å². The van der Waals surface area contributed by atoms with Crippen LogP contribution in [0.4, 0.5) is 5.69 Å². The van der Waals surface area contributed by atoms with Gasteiger partial charge in [-0.25, -0.2) is 4.68 Å². The number of nitrogens with one attached hydrogen (secondary N) is 1. The molecule has 4 aromatic rings. The van der Waals surface area contributed by atoms with Crippen molar-refractivity contribution in [2.75, 3.05) is 5.32 Å². The van der Waals surface area contributed by atoms with Crippen molar-refractivity contribution in [1.29, 1.82) is 0 Å². The van der Waals surface area contributed by atoms with Crippen LogP contribution in [0.25, 0.3) is 11.0 Å². The van der Waals surface area contributed by atoms with E-state index in [2.05, 4.69) is 15.6 Å². The van der Waals surface area contributed by atoms with Crippen LogP contribution in [0.2, 0.25) is 5.02 Å². The fraction of sp³-hybridized carbons (Fsp3) is 0.130. The monoisotopic (exact) mass is 418 g/mol. The van der Waals surface area contributed by atoms with E-state index >= 15 is 0 Å². The van der Waals surface area contributed by atoms with Crippen LogP contribution in [0.5, 0.6) is 0 Å². The second kappa shape index (κ2) is 8.08. The predicted molar refractivity (Wildman–Crippen MR) is 117 cm³/mol. The molecule has 0 fully saturated rings. The van der Waals surface area contributed by atoms with Crippen LogP contribution in [-0.2, 0) is 11.3 Å². The van der Waals surface area contributed by atoms with E-state index in [-0.39, 0.29) is 18.2 Å². The largest absolute Gasteiger partial charge is 0.324 e. The molecular formula is C23H19ClN4O2. The Kier molecular flexibility index (Phi) is 5.33. The Morgan fingerprint density at radius 2 is 1.73 bits per heavy atom. The fourth-order valence-electron chi connectivity index (χ4n) is 3.22. The number of ketones is 1. The molecule has 30 heavy (non-hydrogen) atoms. The zero-order valence-electron chi connectivity index (χ0n) is 16.5. The van der Waals surface area contributed by atoms with Gasteiger partial charge in [-0.05, 0) is 55.3 Å². The standard InChI is InChI=1S/C23H19ClN4O2/c1-14-10-20-21(11-15(14)2)28(27-26-20)13-22(29)25-19-9-8-17(24)12-18(19)23(30)16-6-4-3-5-7-16/h3-12H,13H2,1-2H3,(H,25,29). The van der Waals surface area contributed by atoms with Crippen molar-refractivity contribution in [3.05, 3.63) is 87.9 Å². The fourth-order valence-corrected chi connectivity index (χ4v) is 3.40. The number of nitrogens with zero attached hydrogens (tertiary/aromatic N) is 3. The summed E-state index contributed by atoms with van der Waals surface area (Å²) in [6.45, 7) is 3.98. The molecule has 0 atom stereocenters. The van der Waals surface area contributed by atoms with Crippen LogP contribution in [-0.4, -0.2) is 26.7 Å². The third kappa shape index (κ3) is 3.95. The predicted octanol–water partition coefficient (Wildman–Crippen LogP) is 4.57. The number of hydrogen-bond donors (Lipinski definition) is 1. The van der Waals surface area contributed by atoms with Gasteiger partial charge >= 0.3 is 0 Å². The second-order valence-corrected chi connectivity index (χ2v) is 7.54. The molecule has 3 aromatic carbocycles. The van der Waals surface area contributed by atoms with Gasteiger partial charge in [0.15, 0.2) is 5.78 Å². The summed E-state index contributed by atoms with van der Waals surface area (Å²) in [5.41, 5.74) is 4.97. The Morgan fingerprint density at radius 1 is 1.00 bits per heavy atom. The van der Waals surface area contributed by atoms with Crippen LogP contribution in [0.3, 0.4) is 0 Å². The summed E-state index contributed by atoms with van der Waals surface area (Å²) >= 11 is 6.11. The molecule has 0 aliphatic carbocycles. The SMILES string of the molecule is Cc1cc2nnn(CC(=O)Nc3ccc(Cl)cc3C(=O)c3ccccc3)c2cc1C. The van der Waals surface area contributed by atoms with E-state index in [1.165, 1.54) is 0 Å². The minimum absolute atomic E-state index is 0.0272. The van der Waals surface area contributed by atoms with Gasteiger partial charge in [0.25, 0.3) is 0 Å². The summed E-state index contributed by atoms with van der Waals surface area (Å²) in [6.07, 6.45) is 0. The highest BCUT2D eigenvalue weighted by atomic mass is 35.5. The van der Waals surface area contributed by atoms with Gasteiger partial charge in [0.2, 0.25) is 5.91 Å². The highest BCUT2D eigenvalue weighted by molar-refractivity contribution is 6.31. The first-order chi connectivity index (χ1) is 14.4. The first kappa shape index (κ1) is 19.8. The van der Waals surface area contributed by atoms with Gasteiger partial charge in [-0.3, -0.25) is 9.59 Å². The van der Waals surface area contributed by atoms with Gasteiger partial charge in [-0.15, -0.1) is 5.10 Å². The number of benzene rings is 3. The average molecular weight is 419 g/mol. The summed E-state index contributed by atoms with van der Waals surface area (Å²) in [6, 6.07) is 17.6. The number of fused-ring (bicyclic) bond motifs is 1. The number of rotatable bonds is 5. The molecule has 0 saturated carbocycles. The number of anilines is 1. The highest BCUT2D eigenvalue weighted by Crippen LogP contribution is 2.24. The topological polar surface area (TPSA) is 76.9 Å².